The molecular weight excluding hydrogens is 278 g/mol. The lowest BCUT2D eigenvalue weighted by molar-refractivity contribution is 0.0950. The molecule has 0 aliphatic carbocycles. The molecule has 1 aromatic heterocycles. The van der Waals surface area contributed by atoms with E-state index in [4.69, 9.17) is 0 Å². The number of aryl methyl sites for hydroxylation is 1. The smallest absolute Gasteiger partial charge is 0.164 e. The summed E-state index contributed by atoms with van der Waals surface area (Å²) in [4.78, 5) is 16.2. The number of ketones is 1. The van der Waals surface area contributed by atoms with Gasteiger partial charge in [-0.05, 0) is 37.3 Å². The lowest BCUT2D eigenvalue weighted by Gasteiger charge is -2.33. The highest BCUT2D eigenvalue weighted by Crippen LogP contribution is 2.32. The molecule has 0 bridgehead atoms. The van der Waals surface area contributed by atoms with Gasteiger partial charge >= 0.3 is 0 Å². The summed E-state index contributed by atoms with van der Waals surface area (Å²) in [7, 11) is 0. The lowest BCUT2D eigenvalue weighted by Crippen LogP contribution is -2.34. The molecule has 0 saturated carbocycles. The minimum Gasteiger partial charge on any atom is -0.296 e. The van der Waals surface area contributed by atoms with Crippen molar-refractivity contribution in [1.29, 1.82) is 0 Å². The second-order valence-electron chi connectivity index (χ2n) is 5.80. The van der Waals surface area contributed by atoms with Crippen LogP contribution in [0.3, 0.4) is 0 Å². The van der Waals surface area contributed by atoms with E-state index in [9.17, 15) is 4.79 Å². The molecule has 2 nitrogen and oxygen atoms in total. The van der Waals surface area contributed by atoms with Gasteiger partial charge in [-0.1, -0.05) is 29.8 Å². The van der Waals surface area contributed by atoms with E-state index in [1.54, 1.807) is 0 Å². The van der Waals surface area contributed by atoms with Crippen molar-refractivity contribution in [2.45, 2.75) is 32.7 Å². The van der Waals surface area contributed by atoms with Crippen LogP contribution in [0, 0.1) is 6.92 Å². The van der Waals surface area contributed by atoms with E-state index in [-0.39, 0.29) is 5.78 Å². The van der Waals surface area contributed by atoms with Crippen molar-refractivity contribution in [3.05, 3.63) is 57.3 Å². The summed E-state index contributed by atoms with van der Waals surface area (Å²) in [5.41, 5.74) is 3.48. The number of nitrogens with zero attached hydrogens (tertiary/aromatic N) is 1. The predicted molar refractivity (Wildman–Crippen MR) is 88.1 cm³/mol. The van der Waals surface area contributed by atoms with E-state index in [0.29, 0.717) is 12.5 Å². The molecule has 3 heteroatoms. The molecule has 3 rings (SSSR count). The fourth-order valence-electron chi connectivity index (χ4n) is 3.00. The normalized spacial score (nSPS) is 18.5. The number of carbonyl (C=O) groups is 1. The van der Waals surface area contributed by atoms with Gasteiger partial charge in [0.1, 0.15) is 0 Å². The second kappa shape index (κ2) is 6.12. The molecule has 1 atom stereocenters. The molecule has 1 aromatic carbocycles. The van der Waals surface area contributed by atoms with Crippen molar-refractivity contribution in [3.63, 3.8) is 0 Å². The first kappa shape index (κ1) is 14.5. The average Bonchev–Trinajstić information content (AvgIpc) is 2.96. The Bertz CT molecular complexity index is 629. The van der Waals surface area contributed by atoms with Crippen molar-refractivity contribution < 1.29 is 4.79 Å². The molecule has 1 unspecified atom stereocenters. The summed E-state index contributed by atoms with van der Waals surface area (Å²) in [6, 6.07) is 10.6. The lowest BCUT2D eigenvalue weighted by atomic mass is 10.0. The monoisotopic (exact) mass is 299 g/mol. The summed E-state index contributed by atoms with van der Waals surface area (Å²) < 4.78 is 0. The van der Waals surface area contributed by atoms with E-state index < -0.39 is 0 Å². The van der Waals surface area contributed by atoms with Gasteiger partial charge in [-0.2, -0.15) is 0 Å². The van der Waals surface area contributed by atoms with Crippen LogP contribution in [0.5, 0.6) is 0 Å². The second-order valence-corrected chi connectivity index (χ2v) is 6.80. The van der Waals surface area contributed by atoms with Crippen LogP contribution < -0.4 is 0 Å². The molecule has 0 spiro atoms. The Kier molecular flexibility index (Phi) is 4.22. The fourth-order valence-corrected chi connectivity index (χ4v) is 3.96. The molecule has 2 aromatic rings. The van der Waals surface area contributed by atoms with Crippen molar-refractivity contribution in [3.8, 4) is 0 Å². The Balaban J connectivity index is 1.61. The van der Waals surface area contributed by atoms with Crippen molar-refractivity contribution in [2.75, 3.05) is 13.1 Å². The predicted octanol–water partition coefficient (Wildman–Crippen LogP) is 4.25. The minimum absolute atomic E-state index is 0.248. The zero-order valence-electron chi connectivity index (χ0n) is 12.6. The number of carbonyl (C=O) groups excluding carboxylic acids is 1. The largest absolute Gasteiger partial charge is 0.296 e. The zero-order valence-corrected chi connectivity index (χ0v) is 13.5. The number of thiophene rings is 1. The maximum absolute atomic E-state index is 12.3. The molecule has 0 radical (unpaired) electrons. The van der Waals surface area contributed by atoms with Gasteiger partial charge in [-0.15, -0.1) is 11.3 Å². The number of rotatable bonds is 4. The van der Waals surface area contributed by atoms with Crippen LogP contribution >= 0.6 is 11.3 Å². The Morgan fingerprint density at radius 2 is 2.05 bits per heavy atom. The number of Topliss-reactive ketones (excluding diaryl/α,β-unsaturated/α-hetero) is 1. The van der Waals surface area contributed by atoms with Crippen LogP contribution in [-0.2, 0) is 6.42 Å². The minimum atomic E-state index is 0.248. The third-order valence-electron chi connectivity index (χ3n) is 4.40. The maximum Gasteiger partial charge on any atom is 0.164 e. The highest BCUT2D eigenvalue weighted by atomic mass is 32.1. The average molecular weight is 299 g/mol. The first-order valence-electron chi connectivity index (χ1n) is 7.55. The van der Waals surface area contributed by atoms with Crippen molar-refractivity contribution >= 4 is 17.1 Å². The summed E-state index contributed by atoms with van der Waals surface area (Å²) in [5, 5.41) is 2.18. The van der Waals surface area contributed by atoms with Gasteiger partial charge in [-0.25, -0.2) is 0 Å². The summed E-state index contributed by atoms with van der Waals surface area (Å²) in [6.45, 7) is 6.21. The van der Waals surface area contributed by atoms with E-state index >= 15 is 0 Å². The molecule has 2 heterocycles. The van der Waals surface area contributed by atoms with E-state index in [2.05, 4.69) is 23.3 Å². The number of fused-ring (bicyclic) bond motifs is 1. The molecule has 0 N–H and O–H groups in total. The highest BCUT2D eigenvalue weighted by Gasteiger charge is 2.24. The topological polar surface area (TPSA) is 20.3 Å². The van der Waals surface area contributed by atoms with Crippen LogP contribution in [0.4, 0.5) is 0 Å². The third kappa shape index (κ3) is 3.09. The van der Waals surface area contributed by atoms with E-state index in [1.807, 2.05) is 42.5 Å². The van der Waals surface area contributed by atoms with Gasteiger partial charge in [0.2, 0.25) is 0 Å². The Labute approximate surface area is 130 Å². The van der Waals surface area contributed by atoms with E-state index in [1.165, 1.54) is 16.0 Å². The van der Waals surface area contributed by atoms with Crippen LogP contribution in [0.1, 0.15) is 45.7 Å². The van der Waals surface area contributed by atoms with Gasteiger partial charge in [0.25, 0.3) is 0 Å². The van der Waals surface area contributed by atoms with Gasteiger partial charge in [0.05, 0.1) is 0 Å². The SMILES string of the molecule is Cc1ccc(C(=O)CCN2CCc3sccc3C2C)cc1. The van der Waals surface area contributed by atoms with Crippen LogP contribution in [0.2, 0.25) is 0 Å². The summed E-state index contributed by atoms with van der Waals surface area (Å²) in [5.74, 6) is 0.248. The van der Waals surface area contributed by atoms with Gasteiger partial charge in [0.15, 0.2) is 5.78 Å². The fraction of sp³-hybridized carbons (Fsp3) is 0.389. The first-order valence-corrected chi connectivity index (χ1v) is 8.43. The zero-order chi connectivity index (χ0) is 14.8. The molecule has 1 aliphatic rings. The molecule has 21 heavy (non-hydrogen) atoms. The Morgan fingerprint density at radius 3 is 2.81 bits per heavy atom. The Hall–Kier alpha value is -1.45. The number of hydrogen-bond acceptors (Lipinski definition) is 3. The van der Waals surface area contributed by atoms with Gasteiger partial charge in [0, 0.05) is 36.0 Å². The molecule has 0 amide bonds. The summed E-state index contributed by atoms with van der Waals surface area (Å²) in [6.07, 6.45) is 1.73. The van der Waals surface area contributed by atoms with Gasteiger partial charge < -0.3 is 0 Å². The standard InChI is InChI=1S/C18H21NOS/c1-13-3-5-15(6-4-13)17(20)7-10-19-11-8-18-16(14(19)2)9-12-21-18/h3-6,9,12,14H,7-8,10-11H2,1-2H3. The Morgan fingerprint density at radius 1 is 1.29 bits per heavy atom. The molecule has 0 fully saturated rings. The molecule has 110 valence electrons. The number of hydrogen-bond donors (Lipinski definition) is 0. The summed E-state index contributed by atoms with van der Waals surface area (Å²) >= 11 is 1.86. The van der Waals surface area contributed by atoms with Crippen LogP contribution in [0.15, 0.2) is 35.7 Å². The van der Waals surface area contributed by atoms with Crippen molar-refractivity contribution in [1.82, 2.24) is 4.90 Å². The molecule has 0 saturated heterocycles. The van der Waals surface area contributed by atoms with Crippen LogP contribution in [-0.4, -0.2) is 23.8 Å². The maximum atomic E-state index is 12.3. The quantitative estimate of drug-likeness (QED) is 0.787. The van der Waals surface area contributed by atoms with Gasteiger partial charge in [-0.3, -0.25) is 9.69 Å². The molecule has 1 aliphatic heterocycles. The third-order valence-corrected chi connectivity index (χ3v) is 5.40. The number of benzene rings is 1. The van der Waals surface area contributed by atoms with E-state index in [0.717, 1.165) is 25.1 Å². The molecular formula is C18H21NOS. The first-order chi connectivity index (χ1) is 10.1. The van der Waals surface area contributed by atoms with Crippen molar-refractivity contribution in [2.24, 2.45) is 0 Å². The highest BCUT2D eigenvalue weighted by molar-refractivity contribution is 7.10. The van der Waals surface area contributed by atoms with Crippen LogP contribution in [0.25, 0.3) is 0 Å².